The highest BCUT2D eigenvalue weighted by atomic mass is 32.2. The minimum absolute atomic E-state index is 0.163. The minimum atomic E-state index is -3.52. The standard InChI is InChI=1S/C17H13F3N6S2/c1-8-7-11(26-25-8)21-13-12-14(24-16(27-2)28-12)23-15(22-13)17(19,20)9-3-5-10(18)6-4-9/h3-7H,1-2H3,(H2,21,22,23,25,26). The molecule has 0 unspecified atom stereocenters. The summed E-state index contributed by atoms with van der Waals surface area (Å²) in [5.74, 6) is -4.22. The van der Waals surface area contributed by atoms with Gasteiger partial charge in [0.05, 0.1) is 0 Å². The predicted octanol–water partition coefficient (Wildman–Crippen LogP) is 4.86. The molecule has 3 aromatic heterocycles. The van der Waals surface area contributed by atoms with Crippen LogP contribution in [0.4, 0.5) is 24.8 Å². The van der Waals surface area contributed by atoms with Gasteiger partial charge in [-0.05, 0) is 37.4 Å². The molecule has 28 heavy (non-hydrogen) atoms. The van der Waals surface area contributed by atoms with Crippen molar-refractivity contribution in [2.24, 2.45) is 0 Å². The van der Waals surface area contributed by atoms with Crippen LogP contribution >= 0.6 is 23.1 Å². The fourth-order valence-electron chi connectivity index (χ4n) is 2.51. The van der Waals surface area contributed by atoms with Gasteiger partial charge in [-0.3, -0.25) is 5.10 Å². The Morgan fingerprint density at radius 2 is 1.89 bits per heavy atom. The highest BCUT2D eigenvalue weighted by molar-refractivity contribution is 8.00. The minimum Gasteiger partial charge on any atom is -0.322 e. The molecule has 11 heteroatoms. The summed E-state index contributed by atoms with van der Waals surface area (Å²) in [4.78, 5) is 12.3. The van der Waals surface area contributed by atoms with Gasteiger partial charge in [-0.15, -0.1) is 11.3 Å². The number of alkyl halides is 2. The molecule has 0 atom stereocenters. The van der Waals surface area contributed by atoms with Gasteiger partial charge in [0.1, 0.15) is 10.5 Å². The summed E-state index contributed by atoms with van der Waals surface area (Å²) in [5, 5.41) is 9.78. The molecule has 0 aliphatic heterocycles. The van der Waals surface area contributed by atoms with Crippen molar-refractivity contribution in [2.75, 3.05) is 11.6 Å². The number of rotatable bonds is 5. The lowest BCUT2D eigenvalue weighted by atomic mass is 10.1. The molecule has 0 saturated carbocycles. The van der Waals surface area contributed by atoms with Gasteiger partial charge < -0.3 is 5.32 Å². The lowest BCUT2D eigenvalue weighted by Gasteiger charge is -2.16. The maximum absolute atomic E-state index is 15.0. The first-order valence-electron chi connectivity index (χ1n) is 8.03. The Kier molecular flexibility index (Phi) is 4.71. The SMILES string of the molecule is CSc1nc2nc(C(F)(F)c3ccc(F)cc3)nc(Nc3cc(C)[nH]n3)c2s1. The van der Waals surface area contributed by atoms with Gasteiger partial charge in [0, 0.05) is 17.3 Å². The smallest absolute Gasteiger partial charge is 0.322 e. The van der Waals surface area contributed by atoms with E-state index in [1.54, 1.807) is 6.07 Å². The van der Waals surface area contributed by atoms with E-state index in [9.17, 15) is 4.39 Å². The van der Waals surface area contributed by atoms with Crippen LogP contribution in [0.15, 0.2) is 34.7 Å². The number of aromatic amines is 1. The van der Waals surface area contributed by atoms with E-state index in [2.05, 4.69) is 30.5 Å². The summed E-state index contributed by atoms with van der Waals surface area (Å²) in [6.45, 7) is 1.82. The Bertz CT molecular complexity index is 1140. The Hall–Kier alpha value is -2.66. The third-order valence-electron chi connectivity index (χ3n) is 3.85. The molecule has 3 heterocycles. The summed E-state index contributed by atoms with van der Waals surface area (Å²) >= 11 is 2.68. The van der Waals surface area contributed by atoms with Crippen LogP contribution in [0.3, 0.4) is 0 Å². The topological polar surface area (TPSA) is 79.4 Å². The van der Waals surface area contributed by atoms with Crippen LogP contribution in [0.25, 0.3) is 10.3 Å². The lowest BCUT2D eigenvalue weighted by Crippen LogP contribution is -2.20. The van der Waals surface area contributed by atoms with Gasteiger partial charge in [-0.2, -0.15) is 13.9 Å². The van der Waals surface area contributed by atoms with Gasteiger partial charge in [0.2, 0.25) is 5.82 Å². The fraction of sp³-hybridized carbons (Fsp3) is 0.176. The highest BCUT2D eigenvalue weighted by Gasteiger charge is 2.38. The first-order valence-corrected chi connectivity index (χ1v) is 10.1. The monoisotopic (exact) mass is 422 g/mol. The van der Waals surface area contributed by atoms with Crippen LogP contribution in [0, 0.1) is 12.7 Å². The largest absolute Gasteiger partial charge is 0.331 e. The number of fused-ring (bicyclic) bond motifs is 1. The van der Waals surface area contributed by atoms with Gasteiger partial charge >= 0.3 is 5.92 Å². The van der Waals surface area contributed by atoms with E-state index in [0.717, 1.165) is 30.0 Å². The molecule has 0 spiro atoms. The van der Waals surface area contributed by atoms with E-state index in [1.807, 2.05) is 13.2 Å². The van der Waals surface area contributed by atoms with E-state index in [4.69, 9.17) is 0 Å². The lowest BCUT2D eigenvalue weighted by molar-refractivity contribution is 0.0332. The van der Waals surface area contributed by atoms with Gasteiger partial charge in [0.15, 0.2) is 21.6 Å². The van der Waals surface area contributed by atoms with Crippen molar-refractivity contribution in [3.63, 3.8) is 0 Å². The Labute approximate surface area is 165 Å². The van der Waals surface area contributed by atoms with Crippen LogP contribution in [0.1, 0.15) is 17.1 Å². The van der Waals surface area contributed by atoms with Crippen LogP contribution in [-0.4, -0.2) is 31.4 Å². The van der Waals surface area contributed by atoms with E-state index >= 15 is 8.78 Å². The van der Waals surface area contributed by atoms with Crippen LogP contribution in [0.2, 0.25) is 0 Å². The van der Waals surface area contributed by atoms with E-state index in [1.165, 1.54) is 23.1 Å². The summed E-state index contributed by atoms with van der Waals surface area (Å²) in [7, 11) is 0. The average molecular weight is 422 g/mol. The van der Waals surface area contributed by atoms with Crippen molar-refractivity contribution in [2.45, 2.75) is 17.2 Å². The highest BCUT2D eigenvalue weighted by Crippen LogP contribution is 2.38. The first kappa shape index (κ1) is 18.7. The molecule has 4 rings (SSSR count). The zero-order valence-corrected chi connectivity index (χ0v) is 16.3. The second-order valence-corrected chi connectivity index (χ2v) is 7.93. The van der Waals surface area contributed by atoms with E-state index < -0.39 is 23.1 Å². The van der Waals surface area contributed by atoms with Gasteiger partial charge in [-0.25, -0.2) is 19.3 Å². The molecule has 2 N–H and O–H groups in total. The number of hydrogen-bond donors (Lipinski definition) is 2. The summed E-state index contributed by atoms with van der Waals surface area (Å²) in [6, 6.07) is 5.70. The van der Waals surface area contributed by atoms with Crippen molar-refractivity contribution in [1.82, 2.24) is 25.1 Å². The van der Waals surface area contributed by atoms with Crippen molar-refractivity contribution in [1.29, 1.82) is 0 Å². The maximum atomic E-state index is 15.0. The quantitative estimate of drug-likeness (QED) is 0.447. The molecule has 0 aliphatic carbocycles. The number of thioether (sulfide) groups is 1. The third kappa shape index (κ3) is 3.42. The number of hydrogen-bond acceptors (Lipinski definition) is 7. The predicted molar refractivity (Wildman–Crippen MR) is 103 cm³/mol. The van der Waals surface area contributed by atoms with Gasteiger partial charge in [-0.1, -0.05) is 11.8 Å². The summed E-state index contributed by atoms with van der Waals surface area (Å²) in [5.41, 5.74) is 0.560. The van der Waals surface area contributed by atoms with Crippen molar-refractivity contribution >= 4 is 45.1 Å². The van der Waals surface area contributed by atoms with Crippen LogP contribution in [0.5, 0.6) is 0 Å². The van der Waals surface area contributed by atoms with E-state index in [0.29, 0.717) is 14.9 Å². The number of halogens is 3. The number of benzene rings is 1. The Balaban J connectivity index is 1.85. The molecule has 0 saturated heterocycles. The molecular formula is C17H13F3N6S2. The Morgan fingerprint density at radius 1 is 1.14 bits per heavy atom. The first-order chi connectivity index (χ1) is 13.4. The molecule has 6 nitrogen and oxygen atoms in total. The Morgan fingerprint density at radius 3 is 2.54 bits per heavy atom. The van der Waals surface area contributed by atoms with Crippen molar-refractivity contribution in [3.05, 3.63) is 53.2 Å². The second-order valence-electron chi connectivity index (χ2n) is 5.87. The number of aryl methyl sites for hydroxylation is 1. The third-order valence-corrected chi connectivity index (χ3v) is 5.89. The zero-order valence-electron chi connectivity index (χ0n) is 14.6. The van der Waals surface area contributed by atoms with Crippen LogP contribution in [-0.2, 0) is 5.92 Å². The zero-order chi connectivity index (χ0) is 19.9. The fourth-order valence-corrected chi connectivity index (χ4v) is 3.95. The molecule has 0 amide bonds. The second kappa shape index (κ2) is 7.06. The molecule has 0 bridgehead atoms. The van der Waals surface area contributed by atoms with Gasteiger partial charge in [0.25, 0.3) is 0 Å². The summed E-state index contributed by atoms with van der Waals surface area (Å²) < 4.78 is 44.4. The molecule has 0 radical (unpaired) electrons. The number of H-pyrrole nitrogens is 1. The maximum Gasteiger partial charge on any atom is 0.331 e. The molecule has 4 aromatic rings. The number of thiazole rings is 1. The van der Waals surface area contributed by atoms with Crippen LogP contribution < -0.4 is 5.32 Å². The summed E-state index contributed by atoms with van der Waals surface area (Å²) in [6.07, 6.45) is 1.84. The molecule has 0 fully saturated rings. The molecule has 1 aromatic carbocycles. The number of aromatic nitrogens is 5. The average Bonchev–Trinajstić information content (AvgIpc) is 3.27. The van der Waals surface area contributed by atoms with Crippen molar-refractivity contribution < 1.29 is 13.2 Å². The van der Waals surface area contributed by atoms with E-state index in [-0.39, 0.29) is 11.5 Å². The molecular weight excluding hydrogens is 409 g/mol. The normalized spacial score (nSPS) is 11.9. The number of nitrogens with zero attached hydrogens (tertiary/aromatic N) is 4. The number of anilines is 2. The molecule has 144 valence electrons. The van der Waals surface area contributed by atoms with Crippen molar-refractivity contribution in [3.8, 4) is 0 Å². The number of nitrogens with one attached hydrogen (secondary N) is 2. The molecule has 0 aliphatic rings.